The molecule has 0 heterocycles. The van der Waals surface area contributed by atoms with Crippen LogP contribution in [0.15, 0.2) is 0 Å². The third-order valence-corrected chi connectivity index (χ3v) is 24.4. The monoisotopic (exact) mass is 314 g/mol. The van der Waals surface area contributed by atoms with Crippen LogP contribution in [0.4, 0.5) is 0 Å². The first kappa shape index (κ1) is 18.4. The molecular formula is C14H34Si4. The first-order chi connectivity index (χ1) is 7.68. The SMILES string of the molecule is C#C[Si](C[Si](C)(C)C)(C[Si](C)(C)C)C[Si](C)(C)C. The van der Waals surface area contributed by atoms with Crippen LogP contribution in [-0.4, -0.2) is 32.3 Å². The maximum absolute atomic E-state index is 6.11. The number of rotatable bonds is 6. The molecule has 0 atom stereocenters. The van der Waals surface area contributed by atoms with Crippen molar-refractivity contribution in [1.29, 1.82) is 0 Å². The first-order valence-corrected chi connectivity index (χ1v) is 20.9. The molecule has 0 radical (unpaired) electrons. The van der Waals surface area contributed by atoms with Gasteiger partial charge in [0.1, 0.15) is 8.07 Å². The molecule has 0 bridgehead atoms. The molecule has 0 aromatic carbocycles. The van der Waals surface area contributed by atoms with E-state index >= 15 is 0 Å². The standard InChI is InChI=1S/C14H34Si4/c1-11-18(12-15(2,3)4,13-16(5,6)7)14-17(8,9)10/h1H,12-14H2,2-10H3. The highest BCUT2D eigenvalue weighted by atomic mass is 28.4. The lowest BCUT2D eigenvalue weighted by Crippen LogP contribution is -2.51. The van der Waals surface area contributed by atoms with Crippen molar-refractivity contribution in [3.05, 3.63) is 0 Å². The summed E-state index contributed by atoms with van der Waals surface area (Å²) in [5, 5.41) is 0. The average molecular weight is 315 g/mol. The van der Waals surface area contributed by atoms with Gasteiger partial charge in [0.15, 0.2) is 0 Å². The van der Waals surface area contributed by atoms with E-state index in [4.69, 9.17) is 6.42 Å². The Morgan fingerprint density at radius 3 is 0.944 bits per heavy atom. The maximum Gasteiger partial charge on any atom is 0.130 e. The molecule has 0 aromatic heterocycles. The van der Waals surface area contributed by atoms with Crippen LogP contribution in [0.3, 0.4) is 0 Å². The molecule has 0 nitrogen and oxygen atoms in total. The Balaban J connectivity index is 5.29. The van der Waals surface area contributed by atoms with E-state index in [1.165, 1.54) is 17.0 Å². The van der Waals surface area contributed by atoms with Gasteiger partial charge in [-0.3, -0.25) is 0 Å². The third kappa shape index (κ3) is 8.52. The summed E-state index contributed by atoms with van der Waals surface area (Å²) in [5.74, 6) is 0. The van der Waals surface area contributed by atoms with E-state index in [0.29, 0.717) is 0 Å². The topological polar surface area (TPSA) is 0 Å². The normalized spacial score (nSPS) is 14.4. The fourth-order valence-electron chi connectivity index (χ4n) is 3.39. The van der Waals surface area contributed by atoms with Gasteiger partial charge in [-0.15, -0.1) is 12.0 Å². The maximum atomic E-state index is 6.11. The Morgan fingerprint density at radius 2 is 0.833 bits per heavy atom. The second kappa shape index (κ2) is 5.82. The van der Waals surface area contributed by atoms with E-state index in [-0.39, 0.29) is 0 Å². The fourth-order valence-corrected chi connectivity index (χ4v) is 33.8. The van der Waals surface area contributed by atoms with E-state index in [2.05, 4.69) is 64.5 Å². The van der Waals surface area contributed by atoms with Gasteiger partial charge < -0.3 is 0 Å². The lowest BCUT2D eigenvalue weighted by atomic mass is 11.4. The zero-order chi connectivity index (χ0) is 14.8. The van der Waals surface area contributed by atoms with E-state index in [1.54, 1.807) is 0 Å². The molecule has 18 heavy (non-hydrogen) atoms. The van der Waals surface area contributed by atoms with Crippen molar-refractivity contribution < 1.29 is 0 Å². The average Bonchev–Trinajstić information content (AvgIpc) is 1.93. The molecule has 106 valence electrons. The van der Waals surface area contributed by atoms with Crippen molar-refractivity contribution >= 4 is 32.3 Å². The van der Waals surface area contributed by atoms with Gasteiger partial charge >= 0.3 is 0 Å². The van der Waals surface area contributed by atoms with Crippen molar-refractivity contribution in [1.82, 2.24) is 0 Å². The zero-order valence-corrected chi connectivity index (χ0v) is 18.2. The Bertz CT molecular complexity index is 266. The zero-order valence-electron chi connectivity index (χ0n) is 14.2. The molecule has 0 spiro atoms. The van der Waals surface area contributed by atoms with E-state index in [0.717, 1.165) is 0 Å². The quantitative estimate of drug-likeness (QED) is 0.464. The Kier molecular flexibility index (Phi) is 5.96. The minimum absolute atomic E-state index is 1.05. The molecule has 0 aliphatic rings. The fraction of sp³-hybridized carbons (Fsp3) is 0.857. The molecule has 0 rings (SSSR count). The van der Waals surface area contributed by atoms with Crippen molar-refractivity contribution in [2.24, 2.45) is 0 Å². The van der Waals surface area contributed by atoms with Crippen LogP contribution in [0.1, 0.15) is 0 Å². The van der Waals surface area contributed by atoms with Gasteiger partial charge in [0.2, 0.25) is 0 Å². The van der Waals surface area contributed by atoms with E-state index in [9.17, 15) is 0 Å². The summed E-state index contributed by atoms with van der Waals surface area (Å²) < 4.78 is 0. The molecular weight excluding hydrogens is 280 g/mol. The van der Waals surface area contributed by atoms with Crippen LogP contribution >= 0.6 is 0 Å². The van der Waals surface area contributed by atoms with E-state index in [1.807, 2.05) is 0 Å². The smallest absolute Gasteiger partial charge is 0.130 e. The minimum Gasteiger partial charge on any atom is -0.135 e. The first-order valence-electron chi connectivity index (χ1n) is 7.16. The molecule has 0 aromatic rings. The lowest BCUT2D eigenvalue weighted by molar-refractivity contribution is 1.42. The third-order valence-electron chi connectivity index (χ3n) is 2.91. The lowest BCUT2D eigenvalue weighted by Gasteiger charge is -2.39. The summed E-state index contributed by atoms with van der Waals surface area (Å²) in [7, 11) is -4.61. The predicted octanol–water partition coefficient (Wildman–Crippen LogP) is 5.24. The molecule has 0 amide bonds. The number of hydrogen-bond donors (Lipinski definition) is 0. The van der Waals surface area contributed by atoms with Crippen LogP contribution in [0.2, 0.25) is 75.9 Å². The molecule has 0 unspecified atom stereocenters. The molecule has 0 saturated heterocycles. The molecule has 0 N–H and O–H groups in total. The van der Waals surface area contributed by atoms with Gasteiger partial charge in [-0.1, -0.05) is 75.9 Å². The van der Waals surface area contributed by atoms with Gasteiger partial charge in [-0.25, -0.2) is 0 Å². The van der Waals surface area contributed by atoms with Crippen molar-refractivity contribution in [3.8, 4) is 12.0 Å². The van der Waals surface area contributed by atoms with Gasteiger partial charge in [0.25, 0.3) is 0 Å². The highest BCUT2D eigenvalue weighted by Gasteiger charge is 2.42. The van der Waals surface area contributed by atoms with Crippen LogP contribution < -0.4 is 0 Å². The van der Waals surface area contributed by atoms with Crippen LogP contribution in [0, 0.1) is 12.0 Å². The molecule has 4 heteroatoms. The summed E-state index contributed by atoms with van der Waals surface area (Å²) >= 11 is 0. The van der Waals surface area contributed by atoms with Crippen molar-refractivity contribution in [2.75, 3.05) is 0 Å². The summed E-state index contributed by atoms with van der Waals surface area (Å²) in [6, 6.07) is 0. The highest BCUT2D eigenvalue weighted by molar-refractivity contribution is 7.11. The Morgan fingerprint density at radius 1 is 0.611 bits per heavy atom. The summed E-state index contributed by atoms with van der Waals surface area (Å²) in [4.78, 5) is 0. The summed E-state index contributed by atoms with van der Waals surface area (Å²) in [5.41, 5.74) is 7.78. The largest absolute Gasteiger partial charge is 0.135 e. The molecule has 0 saturated carbocycles. The Hall–Kier alpha value is 0.428. The minimum atomic E-state index is -1.46. The summed E-state index contributed by atoms with van der Waals surface area (Å²) in [6.07, 6.45) is 6.11. The molecule has 0 fully saturated rings. The van der Waals surface area contributed by atoms with Gasteiger partial charge in [-0.05, 0) is 0 Å². The highest BCUT2D eigenvalue weighted by Crippen LogP contribution is 2.34. The molecule has 0 aliphatic heterocycles. The number of terminal acetylenes is 1. The summed E-state index contributed by atoms with van der Waals surface area (Å²) in [6.45, 7) is 22.5. The molecule has 0 aliphatic carbocycles. The van der Waals surface area contributed by atoms with Crippen molar-refractivity contribution in [3.63, 3.8) is 0 Å². The van der Waals surface area contributed by atoms with Crippen LogP contribution in [0.5, 0.6) is 0 Å². The van der Waals surface area contributed by atoms with Gasteiger partial charge in [0.05, 0.1) is 0 Å². The van der Waals surface area contributed by atoms with Gasteiger partial charge in [0, 0.05) is 24.2 Å². The number of hydrogen-bond acceptors (Lipinski definition) is 0. The second-order valence-electron chi connectivity index (χ2n) is 9.64. The Labute approximate surface area is 120 Å². The van der Waals surface area contributed by atoms with Crippen molar-refractivity contribution in [2.45, 2.75) is 75.9 Å². The second-order valence-corrected chi connectivity index (χ2v) is 32.1. The van der Waals surface area contributed by atoms with Crippen LogP contribution in [0.25, 0.3) is 0 Å². The predicted molar refractivity (Wildman–Crippen MR) is 99.0 cm³/mol. The van der Waals surface area contributed by atoms with Gasteiger partial charge in [-0.2, -0.15) is 0 Å². The van der Waals surface area contributed by atoms with E-state index < -0.39 is 32.3 Å². The van der Waals surface area contributed by atoms with Crippen LogP contribution in [-0.2, 0) is 0 Å².